The highest BCUT2D eigenvalue weighted by molar-refractivity contribution is 6.13. The molecule has 6 aromatic carbocycles. The molecule has 180 valence electrons. The predicted molar refractivity (Wildman–Crippen MR) is 162 cm³/mol. The fourth-order valence-electron chi connectivity index (χ4n) is 6.66. The van der Waals surface area contributed by atoms with Gasteiger partial charge in [-0.25, -0.2) is 0 Å². The van der Waals surface area contributed by atoms with E-state index in [1.165, 1.54) is 77.1 Å². The Balaban J connectivity index is 1.35. The smallest absolute Gasteiger partial charge is 0.0544 e. The number of nitrogens with one attached hydrogen (secondary N) is 1. The Bertz CT molecular complexity index is 2040. The molecule has 0 radical (unpaired) electrons. The third-order valence-corrected chi connectivity index (χ3v) is 8.62. The molecule has 38 heavy (non-hydrogen) atoms. The molecule has 0 bridgehead atoms. The van der Waals surface area contributed by atoms with E-state index < -0.39 is 0 Å². The molecule has 0 fully saturated rings. The van der Waals surface area contributed by atoms with Gasteiger partial charge in [0.15, 0.2) is 0 Å². The summed E-state index contributed by atoms with van der Waals surface area (Å²) in [6.07, 6.45) is 0. The van der Waals surface area contributed by atoms with Gasteiger partial charge in [0.1, 0.15) is 0 Å². The maximum Gasteiger partial charge on any atom is 0.0544 e. The van der Waals surface area contributed by atoms with Gasteiger partial charge in [-0.15, -0.1) is 0 Å². The van der Waals surface area contributed by atoms with E-state index in [0.29, 0.717) is 0 Å². The maximum absolute atomic E-state index is 3.76. The largest absolute Gasteiger partial charge is 0.354 e. The molecule has 0 amide bonds. The van der Waals surface area contributed by atoms with E-state index in [2.05, 4.69) is 140 Å². The van der Waals surface area contributed by atoms with E-state index in [0.717, 1.165) is 0 Å². The Morgan fingerprint density at radius 2 is 1.26 bits per heavy atom. The molecule has 0 saturated carbocycles. The zero-order valence-corrected chi connectivity index (χ0v) is 21.5. The van der Waals surface area contributed by atoms with Crippen LogP contribution in [0, 0.1) is 0 Å². The predicted octanol–water partition coefficient (Wildman–Crippen LogP) is 10.1. The van der Waals surface area contributed by atoms with Crippen LogP contribution in [-0.2, 0) is 5.41 Å². The van der Waals surface area contributed by atoms with Gasteiger partial charge in [-0.1, -0.05) is 117 Å². The fourth-order valence-corrected chi connectivity index (χ4v) is 6.66. The first-order chi connectivity index (χ1) is 18.6. The average Bonchev–Trinajstić information content (AvgIpc) is 3.45. The van der Waals surface area contributed by atoms with Crippen LogP contribution in [0.4, 0.5) is 0 Å². The average molecular weight is 486 g/mol. The summed E-state index contributed by atoms with van der Waals surface area (Å²) >= 11 is 0. The standard InChI is InChI=1S/C37H27N/c1-37(2)32-18-16-26(22-31(32)35-27-12-7-6-11-24(27)15-19-33(35)37)28-13-8-14-29-30-21-25(23-9-4-3-5-10-23)17-20-34(30)38-36(28)29/h3-22,38H,1-2H3. The van der Waals surface area contributed by atoms with E-state index in [1.807, 2.05) is 0 Å². The van der Waals surface area contributed by atoms with Gasteiger partial charge < -0.3 is 4.98 Å². The number of fused-ring (bicyclic) bond motifs is 8. The molecule has 8 rings (SSSR count). The minimum absolute atomic E-state index is 0.0197. The molecule has 1 aliphatic carbocycles. The maximum atomic E-state index is 3.76. The van der Waals surface area contributed by atoms with Gasteiger partial charge in [-0.2, -0.15) is 0 Å². The molecule has 1 aliphatic rings. The van der Waals surface area contributed by atoms with E-state index in [1.54, 1.807) is 0 Å². The second-order valence-electron chi connectivity index (χ2n) is 11.1. The Labute approximate surface area is 222 Å². The van der Waals surface area contributed by atoms with Gasteiger partial charge in [0.2, 0.25) is 0 Å². The topological polar surface area (TPSA) is 15.8 Å². The highest BCUT2D eigenvalue weighted by atomic mass is 14.7. The first-order valence-electron chi connectivity index (χ1n) is 13.4. The Morgan fingerprint density at radius 1 is 0.500 bits per heavy atom. The van der Waals surface area contributed by atoms with Crippen molar-refractivity contribution in [1.82, 2.24) is 4.98 Å². The molecule has 1 nitrogen and oxygen atoms in total. The third kappa shape index (κ3) is 2.93. The van der Waals surface area contributed by atoms with E-state index in [4.69, 9.17) is 0 Å². The van der Waals surface area contributed by atoms with Crippen molar-refractivity contribution >= 4 is 32.6 Å². The first-order valence-corrected chi connectivity index (χ1v) is 13.4. The molecule has 7 aromatic rings. The first kappa shape index (κ1) is 21.5. The molecule has 0 unspecified atom stereocenters. The van der Waals surface area contributed by atoms with Crippen LogP contribution in [0.1, 0.15) is 25.0 Å². The molecule has 1 heterocycles. The van der Waals surface area contributed by atoms with E-state index in [9.17, 15) is 0 Å². The fraction of sp³-hybridized carbons (Fsp3) is 0.0811. The Morgan fingerprint density at radius 3 is 2.16 bits per heavy atom. The van der Waals surface area contributed by atoms with Crippen molar-refractivity contribution in [3.05, 3.63) is 132 Å². The number of benzene rings is 6. The lowest BCUT2D eigenvalue weighted by Gasteiger charge is -2.21. The number of H-pyrrole nitrogens is 1. The van der Waals surface area contributed by atoms with Gasteiger partial charge in [0.25, 0.3) is 0 Å². The minimum Gasteiger partial charge on any atom is -0.354 e. The third-order valence-electron chi connectivity index (χ3n) is 8.62. The van der Waals surface area contributed by atoms with Gasteiger partial charge in [-0.05, 0) is 67.9 Å². The van der Waals surface area contributed by atoms with Gasteiger partial charge in [-0.3, -0.25) is 0 Å². The summed E-state index contributed by atoms with van der Waals surface area (Å²) in [7, 11) is 0. The molecule has 0 aliphatic heterocycles. The van der Waals surface area contributed by atoms with Crippen molar-refractivity contribution in [3.63, 3.8) is 0 Å². The number of aromatic amines is 1. The molecular formula is C37H27N. The van der Waals surface area contributed by atoms with Crippen LogP contribution in [0.3, 0.4) is 0 Å². The Kier molecular flexibility index (Phi) is 4.35. The van der Waals surface area contributed by atoms with E-state index in [-0.39, 0.29) is 5.41 Å². The summed E-state index contributed by atoms with van der Waals surface area (Å²) in [5.41, 5.74) is 12.9. The van der Waals surface area contributed by atoms with Crippen LogP contribution in [0.2, 0.25) is 0 Å². The van der Waals surface area contributed by atoms with Crippen molar-refractivity contribution in [2.24, 2.45) is 0 Å². The lowest BCUT2D eigenvalue weighted by molar-refractivity contribution is 0.661. The van der Waals surface area contributed by atoms with E-state index >= 15 is 0 Å². The lowest BCUT2D eigenvalue weighted by atomic mass is 9.82. The van der Waals surface area contributed by atoms with Crippen LogP contribution in [0.15, 0.2) is 121 Å². The summed E-state index contributed by atoms with van der Waals surface area (Å²) < 4.78 is 0. The zero-order chi connectivity index (χ0) is 25.4. The molecule has 1 heteroatoms. The Hall–Kier alpha value is -4.62. The number of aromatic nitrogens is 1. The number of hydrogen-bond acceptors (Lipinski definition) is 0. The van der Waals surface area contributed by atoms with Crippen LogP contribution in [0.5, 0.6) is 0 Å². The molecule has 0 saturated heterocycles. The number of hydrogen-bond donors (Lipinski definition) is 1. The summed E-state index contributed by atoms with van der Waals surface area (Å²) in [4.78, 5) is 3.76. The normalized spacial score (nSPS) is 13.7. The number of rotatable bonds is 2. The molecule has 0 atom stereocenters. The van der Waals surface area contributed by atoms with Crippen LogP contribution in [-0.4, -0.2) is 4.98 Å². The second kappa shape index (κ2) is 7.69. The van der Waals surface area contributed by atoms with Crippen LogP contribution < -0.4 is 0 Å². The molecule has 1 aromatic heterocycles. The minimum atomic E-state index is -0.0197. The summed E-state index contributed by atoms with van der Waals surface area (Å²) in [5.74, 6) is 0. The summed E-state index contributed by atoms with van der Waals surface area (Å²) in [6.45, 7) is 4.71. The zero-order valence-electron chi connectivity index (χ0n) is 21.5. The number of para-hydroxylation sites is 1. The monoisotopic (exact) mass is 485 g/mol. The van der Waals surface area contributed by atoms with Crippen LogP contribution in [0.25, 0.3) is 66.0 Å². The molecular weight excluding hydrogens is 458 g/mol. The second-order valence-corrected chi connectivity index (χ2v) is 11.1. The van der Waals surface area contributed by atoms with Crippen molar-refractivity contribution in [1.29, 1.82) is 0 Å². The van der Waals surface area contributed by atoms with Crippen molar-refractivity contribution < 1.29 is 0 Å². The molecule has 1 N–H and O–H groups in total. The van der Waals surface area contributed by atoms with Gasteiger partial charge in [0.05, 0.1) is 5.52 Å². The van der Waals surface area contributed by atoms with Gasteiger partial charge in [0, 0.05) is 27.3 Å². The van der Waals surface area contributed by atoms with Gasteiger partial charge >= 0.3 is 0 Å². The summed E-state index contributed by atoms with van der Waals surface area (Å²) in [6, 6.07) is 44.5. The quantitative estimate of drug-likeness (QED) is 0.251. The highest BCUT2D eigenvalue weighted by Crippen LogP contribution is 2.52. The SMILES string of the molecule is CC1(C)c2ccc(-c3cccc4c3[nH]c3ccc(-c5ccccc5)cc34)cc2-c2c1ccc1ccccc21. The highest BCUT2D eigenvalue weighted by Gasteiger charge is 2.36. The molecule has 0 spiro atoms. The van der Waals surface area contributed by atoms with Crippen LogP contribution >= 0.6 is 0 Å². The van der Waals surface area contributed by atoms with Crippen molar-refractivity contribution in [2.45, 2.75) is 19.3 Å². The summed E-state index contributed by atoms with van der Waals surface area (Å²) in [5, 5.41) is 5.17. The van der Waals surface area contributed by atoms with Crippen molar-refractivity contribution in [3.8, 4) is 33.4 Å². The lowest BCUT2D eigenvalue weighted by Crippen LogP contribution is -2.14. The van der Waals surface area contributed by atoms with Crippen molar-refractivity contribution in [2.75, 3.05) is 0 Å².